The second kappa shape index (κ2) is 12.5. The van der Waals surface area contributed by atoms with Crippen molar-refractivity contribution >= 4 is 8.03 Å². The average Bonchev–Trinajstić information content (AvgIpc) is 2.35. The molecule has 0 saturated carbocycles. The van der Waals surface area contributed by atoms with Gasteiger partial charge in [0.1, 0.15) is 13.2 Å². The van der Waals surface area contributed by atoms with E-state index in [2.05, 4.69) is 27.1 Å². The molecule has 0 spiro atoms. The summed E-state index contributed by atoms with van der Waals surface area (Å²) in [5.41, 5.74) is 0. The molecule has 20 heavy (non-hydrogen) atoms. The van der Waals surface area contributed by atoms with Gasteiger partial charge in [-0.1, -0.05) is 32.1 Å². The maximum Gasteiger partial charge on any atom is 0.191 e. The van der Waals surface area contributed by atoms with Gasteiger partial charge in [0.25, 0.3) is 0 Å². The minimum atomic E-state index is -1.80. The lowest BCUT2D eigenvalue weighted by molar-refractivity contribution is -0.870. The number of quaternary nitrogens is 1. The molecule has 0 radical (unpaired) electrons. The highest BCUT2D eigenvalue weighted by Gasteiger charge is 2.07. The summed E-state index contributed by atoms with van der Waals surface area (Å²) >= 11 is 0. The lowest BCUT2D eigenvalue weighted by atomic mass is 10.1. The van der Waals surface area contributed by atoms with Crippen molar-refractivity contribution in [3.63, 3.8) is 0 Å². The molecular formula is C16H33NO2P+. The zero-order valence-corrected chi connectivity index (χ0v) is 14.6. The van der Waals surface area contributed by atoms with Crippen molar-refractivity contribution in [1.82, 2.24) is 0 Å². The Morgan fingerprint density at radius 3 is 2.10 bits per heavy atom. The number of rotatable bonds is 13. The van der Waals surface area contributed by atoms with Crippen molar-refractivity contribution in [2.45, 2.75) is 51.4 Å². The zero-order chi connectivity index (χ0) is 15.3. The van der Waals surface area contributed by atoms with Gasteiger partial charge in [-0.25, -0.2) is 0 Å². The van der Waals surface area contributed by atoms with Crippen molar-refractivity contribution in [2.75, 3.05) is 40.5 Å². The zero-order valence-electron chi connectivity index (χ0n) is 13.6. The summed E-state index contributed by atoms with van der Waals surface area (Å²) in [4.78, 5) is 0. The fourth-order valence-electron chi connectivity index (χ4n) is 1.89. The summed E-state index contributed by atoms with van der Waals surface area (Å²) in [5.74, 6) is 2.67. The molecule has 0 fully saturated rings. The maximum atomic E-state index is 11.7. The van der Waals surface area contributed by atoms with Crippen molar-refractivity contribution in [2.24, 2.45) is 0 Å². The lowest BCUT2D eigenvalue weighted by Crippen LogP contribution is -2.37. The standard InChI is InChI=1S/C16H33NO2P/c1-5-6-7-8-9-10-11-12-13-16-20(18)19-15-14-17(2,3)4/h1,20H,6-16H2,2-4H3/q+1. The SMILES string of the molecule is C#CCCCCCCCCC[PH](=O)OCC[N+](C)(C)C. The first-order valence-electron chi connectivity index (χ1n) is 7.85. The van der Waals surface area contributed by atoms with Crippen LogP contribution >= 0.6 is 8.03 Å². The van der Waals surface area contributed by atoms with E-state index < -0.39 is 8.03 Å². The normalized spacial score (nSPS) is 13.1. The first-order chi connectivity index (χ1) is 9.45. The minimum Gasteiger partial charge on any atom is -0.329 e. The molecule has 0 aliphatic heterocycles. The van der Waals surface area contributed by atoms with E-state index in [9.17, 15) is 4.57 Å². The number of likely N-dealkylation sites (N-methyl/N-ethyl adjacent to an activating group) is 1. The van der Waals surface area contributed by atoms with Gasteiger partial charge in [0, 0.05) is 12.6 Å². The second-order valence-corrected chi connectivity index (χ2v) is 7.95. The number of hydrogen-bond donors (Lipinski definition) is 0. The Labute approximate surface area is 126 Å². The summed E-state index contributed by atoms with van der Waals surface area (Å²) in [6, 6.07) is 0. The van der Waals surface area contributed by atoms with E-state index in [1.165, 1.54) is 32.1 Å². The van der Waals surface area contributed by atoms with Crippen LogP contribution in [0.1, 0.15) is 51.4 Å². The predicted molar refractivity (Wildman–Crippen MR) is 88.5 cm³/mol. The molecular weight excluding hydrogens is 269 g/mol. The van der Waals surface area contributed by atoms with Gasteiger partial charge in [-0.05, 0) is 12.8 Å². The van der Waals surface area contributed by atoms with Gasteiger partial charge in [-0.2, -0.15) is 0 Å². The Balaban J connectivity index is 3.26. The largest absolute Gasteiger partial charge is 0.329 e. The van der Waals surface area contributed by atoms with E-state index in [1.54, 1.807) is 0 Å². The topological polar surface area (TPSA) is 26.3 Å². The molecule has 0 heterocycles. The summed E-state index contributed by atoms with van der Waals surface area (Å²) in [5, 5.41) is 0. The number of hydrogen-bond acceptors (Lipinski definition) is 2. The number of terminal acetylenes is 1. The minimum absolute atomic E-state index is 0.608. The maximum absolute atomic E-state index is 11.7. The average molecular weight is 302 g/mol. The van der Waals surface area contributed by atoms with Crippen molar-refractivity contribution in [3.05, 3.63) is 0 Å². The predicted octanol–water partition coefficient (Wildman–Crippen LogP) is 3.94. The molecule has 0 aromatic heterocycles. The Morgan fingerprint density at radius 1 is 1.00 bits per heavy atom. The van der Waals surface area contributed by atoms with Gasteiger partial charge in [0.05, 0.1) is 21.1 Å². The van der Waals surface area contributed by atoms with Crippen LogP contribution in [0.3, 0.4) is 0 Å². The smallest absolute Gasteiger partial charge is 0.191 e. The molecule has 1 unspecified atom stereocenters. The molecule has 0 amide bonds. The molecule has 0 aliphatic rings. The summed E-state index contributed by atoms with van der Waals surface area (Å²) in [6.07, 6.45) is 15.3. The summed E-state index contributed by atoms with van der Waals surface area (Å²) in [7, 11) is 4.55. The van der Waals surface area contributed by atoms with E-state index >= 15 is 0 Å². The fourth-order valence-corrected chi connectivity index (χ4v) is 2.89. The van der Waals surface area contributed by atoms with Crippen LogP contribution in [0.2, 0.25) is 0 Å². The van der Waals surface area contributed by atoms with E-state index in [4.69, 9.17) is 10.9 Å². The van der Waals surface area contributed by atoms with Crippen LogP contribution in [-0.2, 0) is 9.09 Å². The Kier molecular flexibility index (Phi) is 12.3. The quantitative estimate of drug-likeness (QED) is 0.223. The van der Waals surface area contributed by atoms with Gasteiger partial charge in [-0.15, -0.1) is 12.3 Å². The molecule has 0 aromatic rings. The number of unbranched alkanes of at least 4 members (excludes halogenated alkanes) is 7. The van der Waals surface area contributed by atoms with Crippen molar-refractivity contribution < 1.29 is 13.6 Å². The van der Waals surface area contributed by atoms with Gasteiger partial charge in [-0.3, -0.25) is 4.57 Å². The third kappa shape index (κ3) is 15.8. The Morgan fingerprint density at radius 2 is 1.55 bits per heavy atom. The van der Waals surface area contributed by atoms with Crippen LogP contribution in [-0.4, -0.2) is 44.9 Å². The molecule has 0 bridgehead atoms. The Hall–Kier alpha value is -0.290. The summed E-state index contributed by atoms with van der Waals surface area (Å²) in [6.45, 7) is 1.52. The van der Waals surface area contributed by atoms with E-state index in [1.807, 2.05) is 0 Å². The van der Waals surface area contributed by atoms with Gasteiger partial charge in [0.2, 0.25) is 0 Å². The molecule has 1 atom stereocenters. The van der Waals surface area contributed by atoms with Gasteiger partial charge in [0.15, 0.2) is 8.03 Å². The first-order valence-corrected chi connectivity index (χ1v) is 9.37. The third-order valence-corrected chi connectivity index (χ3v) is 4.52. The van der Waals surface area contributed by atoms with Gasteiger partial charge >= 0.3 is 0 Å². The van der Waals surface area contributed by atoms with Crippen LogP contribution in [0, 0.1) is 12.3 Å². The Bertz CT molecular complexity index is 292. The molecule has 118 valence electrons. The van der Waals surface area contributed by atoms with Crippen LogP contribution in [0.15, 0.2) is 0 Å². The van der Waals surface area contributed by atoms with Crippen LogP contribution in [0.4, 0.5) is 0 Å². The molecule has 0 saturated heterocycles. The molecule has 0 rings (SSSR count). The van der Waals surface area contributed by atoms with Crippen LogP contribution in [0.5, 0.6) is 0 Å². The van der Waals surface area contributed by atoms with Crippen LogP contribution < -0.4 is 0 Å². The lowest BCUT2D eigenvalue weighted by Gasteiger charge is -2.23. The van der Waals surface area contributed by atoms with E-state index in [0.717, 1.165) is 36.5 Å². The van der Waals surface area contributed by atoms with E-state index in [0.29, 0.717) is 6.61 Å². The van der Waals surface area contributed by atoms with Crippen LogP contribution in [0.25, 0.3) is 0 Å². The first kappa shape index (κ1) is 19.7. The van der Waals surface area contributed by atoms with E-state index in [-0.39, 0.29) is 0 Å². The summed E-state index contributed by atoms with van der Waals surface area (Å²) < 4.78 is 17.9. The second-order valence-electron chi connectivity index (χ2n) is 6.41. The monoisotopic (exact) mass is 302 g/mol. The third-order valence-electron chi connectivity index (χ3n) is 3.23. The molecule has 0 aromatic carbocycles. The highest BCUT2D eigenvalue weighted by molar-refractivity contribution is 7.39. The highest BCUT2D eigenvalue weighted by atomic mass is 31.1. The van der Waals surface area contributed by atoms with Gasteiger partial charge < -0.3 is 9.01 Å². The molecule has 0 N–H and O–H groups in total. The number of nitrogens with zero attached hydrogens (tertiary/aromatic N) is 1. The fraction of sp³-hybridized carbons (Fsp3) is 0.875. The van der Waals surface area contributed by atoms with Crippen molar-refractivity contribution in [1.29, 1.82) is 0 Å². The highest BCUT2D eigenvalue weighted by Crippen LogP contribution is 2.24. The van der Waals surface area contributed by atoms with Crippen molar-refractivity contribution in [3.8, 4) is 12.3 Å². The molecule has 0 aliphatic carbocycles. The molecule has 4 heteroatoms. The molecule has 3 nitrogen and oxygen atoms in total.